The SMILES string of the molecule is CCS(=O)(=O)c1ccc(Cl)c(C(=O)N2CCNC3CC32)c1. The number of nitrogens with one attached hydrogen (secondary N) is 1. The number of sulfone groups is 1. The molecule has 0 bridgehead atoms. The van der Waals surface area contributed by atoms with Gasteiger partial charge < -0.3 is 10.2 Å². The predicted octanol–water partition coefficient (Wildman–Crippen LogP) is 1.32. The summed E-state index contributed by atoms with van der Waals surface area (Å²) in [6.45, 7) is 2.97. The summed E-state index contributed by atoms with van der Waals surface area (Å²) in [5.74, 6) is -0.178. The highest BCUT2D eigenvalue weighted by Gasteiger charge is 2.46. The van der Waals surface area contributed by atoms with E-state index >= 15 is 0 Å². The van der Waals surface area contributed by atoms with Crippen LogP contribution in [0, 0.1) is 0 Å². The van der Waals surface area contributed by atoms with Crippen molar-refractivity contribution in [1.29, 1.82) is 0 Å². The third-order valence-corrected chi connectivity index (χ3v) is 6.15. The molecule has 1 aliphatic carbocycles. The highest BCUT2D eigenvalue weighted by molar-refractivity contribution is 7.91. The van der Waals surface area contributed by atoms with Crippen molar-refractivity contribution < 1.29 is 13.2 Å². The molecule has 1 amide bonds. The number of amides is 1. The van der Waals surface area contributed by atoms with Crippen LogP contribution in [0.3, 0.4) is 0 Å². The monoisotopic (exact) mass is 328 g/mol. The second-order valence-corrected chi connectivity index (χ2v) is 8.09. The fraction of sp³-hybridized carbons (Fsp3) is 0.500. The topological polar surface area (TPSA) is 66.5 Å². The summed E-state index contributed by atoms with van der Waals surface area (Å²) in [5, 5.41) is 3.63. The van der Waals surface area contributed by atoms with Gasteiger partial charge in [-0.15, -0.1) is 0 Å². The first-order valence-corrected chi connectivity index (χ1v) is 9.03. The zero-order valence-electron chi connectivity index (χ0n) is 11.7. The molecular formula is C14H17ClN2O3S. The second kappa shape index (κ2) is 5.26. The molecule has 1 aromatic carbocycles. The number of nitrogens with zero attached hydrogens (tertiary/aromatic N) is 1. The Morgan fingerprint density at radius 1 is 1.48 bits per heavy atom. The van der Waals surface area contributed by atoms with E-state index in [-0.39, 0.29) is 28.2 Å². The van der Waals surface area contributed by atoms with Crippen molar-refractivity contribution in [2.45, 2.75) is 30.3 Å². The maximum Gasteiger partial charge on any atom is 0.255 e. The number of carbonyl (C=O) groups excluding carboxylic acids is 1. The van der Waals surface area contributed by atoms with Gasteiger partial charge in [-0.1, -0.05) is 18.5 Å². The molecular weight excluding hydrogens is 312 g/mol. The quantitative estimate of drug-likeness (QED) is 0.908. The van der Waals surface area contributed by atoms with Crippen molar-refractivity contribution in [3.63, 3.8) is 0 Å². The van der Waals surface area contributed by atoms with Gasteiger partial charge in [0.15, 0.2) is 9.84 Å². The first kappa shape index (κ1) is 14.8. The van der Waals surface area contributed by atoms with Crippen LogP contribution in [0.1, 0.15) is 23.7 Å². The molecule has 2 unspecified atom stereocenters. The molecule has 114 valence electrons. The van der Waals surface area contributed by atoms with Crippen LogP contribution >= 0.6 is 11.6 Å². The molecule has 21 heavy (non-hydrogen) atoms. The Kier molecular flexibility index (Phi) is 3.71. The number of benzene rings is 1. The predicted molar refractivity (Wildman–Crippen MR) is 80.4 cm³/mol. The largest absolute Gasteiger partial charge is 0.333 e. The molecule has 0 spiro atoms. The zero-order valence-corrected chi connectivity index (χ0v) is 13.2. The molecule has 1 heterocycles. The highest BCUT2D eigenvalue weighted by Crippen LogP contribution is 2.33. The summed E-state index contributed by atoms with van der Waals surface area (Å²) >= 11 is 6.11. The van der Waals surface area contributed by atoms with Crippen LogP contribution < -0.4 is 5.32 Å². The molecule has 7 heteroatoms. The third-order valence-electron chi connectivity index (χ3n) is 4.08. The number of hydrogen-bond acceptors (Lipinski definition) is 4. The number of fused-ring (bicyclic) bond motifs is 1. The van der Waals surface area contributed by atoms with Crippen molar-refractivity contribution >= 4 is 27.3 Å². The summed E-state index contributed by atoms with van der Waals surface area (Å²) < 4.78 is 23.9. The van der Waals surface area contributed by atoms with Gasteiger partial charge >= 0.3 is 0 Å². The second-order valence-electron chi connectivity index (χ2n) is 5.41. The number of hydrogen-bond donors (Lipinski definition) is 1. The van der Waals surface area contributed by atoms with Gasteiger partial charge in [0, 0.05) is 25.2 Å². The van der Waals surface area contributed by atoms with E-state index in [1.807, 2.05) is 0 Å². The zero-order chi connectivity index (χ0) is 15.2. The summed E-state index contributed by atoms with van der Waals surface area (Å²) in [6, 6.07) is 4.94. The van der Waals surface area contributed by atoms with Gasteiger partial charge in [0.1, 0.15) is 0 Å². The average Bonchev–Trinajstić information content (AvgIpc) is 3.26. The smallest absolute Gasteiger partial charge is 0.255 e. The lowest BCUT2D eigenvalue weighted by Gasteiger charge is -2.27. The Morgan fingerprint density at radius 3 is 2.95 bits per heavy atom. The van der Waals surface area contributed by atoms with E-state index in [2.05, 4.69) is 5.32 Å². The fourth-order valence-corrected chi connectivity index (χ4v) is 3.82. The van der Waals surface area contributed by atoms with Crippen molar-refractivity contribution in [2.75, 3.05) is 18.8 Å². The summed E-state index contributed by atoms with van der Waals surface area (Å²) in [5.41, 5.74) is 0.277. The molecule has 1 N–H and O–H groups in total. The van der Waals surface area contributed by atoms with Gasteiger partial charge in [0.05, 0.1) is 21.2 Å². The molecule has 5 nitrogen and oxygen atoms in total. The van der Waals surface area contributed by atoms with Gasteiger partial charge in [-0.05, 0) is 24.6 Å². The van der Waals surface area contributed by atoms with Crippen molar-refractivity contribution in [3.05, 3.63) is 28.8 Å². The van der Waals surface area contributed by atoms with Gasteiger partial charge in [-0.3, -0.25) is 4.79 Å². The summed E-state index contributed by atoms with van der Waals surface area (Å²) in [4.78, 5) is 14.6. The van der Waals surface area contributed by atoms with Crippen LogP contribution in [0.15, 0.2) is 23.1 Å². The number of halogens is 1. The molecule has 3 rings (SSSR count). The van der Waals surface area contributed by atoms with Gasteiger partial charge in [-0.2, -0.15) is 0 Å². The molecule has 1 aliphatic heterocycles. The lowest BCUT2D eigenvalue weighted by atomic mass is 10.2. The van der Waals surface area contributed by atoms with E-state index in [1.54, 1.807) is 11.8 Å². The molecule has 1 aromatic rings. The standard InChI is InChI=1S/C14H17ClN2O3S/c1-2-21(19,20)9-3-4-11(15)10(7-9)14(18)17-6-5-16-12-8-13(12)17/h3-4,7,12-13,16H,2,5-6,8H2,1H3. The first-order valence-electron chi connectivity index (χ1n) is 7.00. The molecule has 1 saturated carbocycles. The van der Waals surface area contributed by atoms with Crippen LogP contribution in [-0.2, 0) is 9.84 Å². The van der Waals surface area contributed by atoms with Crippen molar-refractivity contribution in [2.24, 2.45) is 0 Å². The van der Waals surface area contributed by atoms with Gasteiger partial charge in [-0.25, -0.2) is 8.42 Å². The maximum absolute atomic E-state index is 12.6. The van der Waals surface area contributed by atoms with E-state index in [9.17, 15) is 13.2 Å². The van der Waals surface area contributed by atoms with E-state index < -0.39 is 9.84 Å². The number of rotatable bonds is 3. The molecule has 2 aliphatic rings. The van der Waals surface area contributed by atoms with Crippen molar-refractivity contribution in [1.82, 2.24) is 10.2 Å². The Labute approximate surface area is 129 Å². The van der Waals surface area contributed by atoms with Crippen LogP contribution in [0.25, 0.3) is 0 Å². The van der Waals surface area contributed by atoms with Gasteiger partial charge in [0.25, 0.3) is 5.91 Å². The first-order chi connectivity index (χ1) is 9.94. The van der Waals surface area contributed by atoms with Crippen LogP contribution in [0.5, 0.6) is 0 Å². The van der Waals surface area contributed by atoms with Crippen molar-refractivity contribution in [3.8, 4) is 0 Å². The number of piperazine rings is 1. The minimum absolute atomic E-state index is 0.000591. The highest BCUT2D eigenvalue weighted by atomic mass is 35.5. The Bertz CT molecular complexity index is 689. The van der Waals surface area contributed by atoms with E-state index in [0.717, 1.165) is 13.0 Å². The molecule has 0 aromatic heterocycles. The summed E-state index contributed by atoms with van der Waals surface area (Å²) in [6.07, 6.45) is 0.955. The van der Waals surface area contributed by atoms with Crippen LogP contribution in [-0.4, -0.2) is 50.2 Å². The van der Waals surface area contributed by atoms with Crippen LogP contribution in [0.4, 0.5) is 0 Å². The lowest BCUT2D eigenvalue weighted by molar-refractivity contribution is 0.0719. The van der Waals surface area contributed by atoms with Gasteiger partial charge in [0.2, 0.25) is 0 Å². The number of carbonyl (C=O) groups is 1. The van der Waals surface area contributed by atoms with E-state index in [0.29, 0.717) is 17.6 Å². The minimum atomic E-state index is -3.35. The molecule has 0 radical (unpaired) electrons. The fourth-order valence-electron chi connectivity index (χ4n) is 2.72. The Balaban J connectivity index is 1.94. The average molecular weight is 329 g/mol. The maximum atomic E-state index is 12.6. The Morgan fingerprint density at radius 2 is 2.24 bits per heavy atom. The van der Waals surface area contributed by atoms with Crippen LogP contribution in [0.2, 0.25) is 5.02 Å². The normalized spacial score (nSPS) is 24.6. The minimum Gasteiger partial charge on any atom is -0.333 e. The summed E-state index contributed by atoms with van der Waals surface area (Å²) in [7, 11) is -3.35. The molecule has 1 saturated heterocycles. The van der Waals surface area contributed by atoms with E-state index in [4.69, 9.17) is 11.6 Å². The third kappa shape index (κ3) is 2.67. The lowest BCUT2D eigenvalue weighted by Crippen LogP contribution is -2.46. The molecule has 2 fully saturated rings. The molecule has 2 atom stereocenters. The van der Waals surface area contributed by atoms with E-state index in [1.165, 1.54) is 18.2 Å². The Hall–Kier alpha value is -1.11.